The maximum Gasteiger partial charge on any atom is 0.153 e. The Morgan fingerprint density at radius 1 is 1.19 bits per heavy atom. The van der Waals surface area contributed by atoms with Crippen molar-refractivity contribution in [1.82, 2.24) is 19.6 Å². The zero-order valence-electron chi connectivity index (χ0n) is 12.2. The van der Waals surface area contributed by atoms with Crippen molar-refractivity contribution in [2.24, 2.45) is 7.05 Å². The monoisotopic (exact) mass is 280 g/mol. The van der Waals surface area contributed by atoms with Gasteiger partial charge >= 0.3 is 0 Å². The van der Waals surface area contributed by atoms with E-state index in [0.717, 1.165) is 28.7 Å². The molecule has 0 aliphatic carbocycles. The van der Waals surface area contributed by atoms with Crippen molar-refractivity contribution in [1.29, 1.82) is 0 Å². The molecule has 0 radical (unpaired) electrons. The summed E-state index contributed by atoms with van der Waals surface area (Å²) in [5.41, 5.74) is 5.29. The van der Waals surface area contributed by atoms with Crippen molar-refractivity contribution in [2.45, 2.75) is 13.8 Å². The van der Waals surface area contributed by atoms with E-state index in [4.69, 9.17) is 0 Å². The van der Waals surface area contributed by atoms with Gasteiger partial charge in [-0.2, -0.15) is 10.2 Å². The summed E-state index contributed by atoms with van der Waals surface area (Å²) in [6, 6.07) is 6.17. The summed E-state index contributed by atoms with van der Waals surface area (Å²) in [4.78, 5) is 11.3. The molecular formula is C16H16N4O. The van der Waals surface area contributed by atoms with Crippen LogP contribution < -0.4 is 0 Å². The van der Waals surface area contributed by atoms with E-state index in [1.54, 1.807) is 21.8 Å². The predicted molar refractivity (Wildman–Crippen MR) is 80.6 cm³/mol. The molecule has 0 amide bonds. The summed E-state index contributed by atoms with van der Waals surface area (Å²) in [5.74, 6) is 0. The molecule has 5 heteroatoms. The second kappa shape index (κ2) is 5.01. The minimum Gasteiger partial charge on any atom is -0.298 e. The SMILES string of the molecule is Cc1ccc(C)c(-n2cc(C=O)c(-c3cnn(C)c3)n2)c1. The average Bonchev–Trinajstić information content (AvgIpc) is 3.07. The molecule has 0 spiro atoms. The Morgan fingerprint density at radius 3 is 2.67 bits per heavy atom. The lowest BCUT2D eigenvalue weighted by Crippen LogP contribution is -1.98. The lowest BCUT2D eigenvalue weighted by atomic mass is 10.1. The van der Waals surface area contributed by atoms with Gasteiger partial charge in [-0.25, -0.2) is 4.68 Å². The molecule has 0 aliphatic heterocycles. The van der Waals surface area contributed by atoms with Crippen molar-refractivity contribution in [2.75, 3.05) is 0 Å². The van der Waals surface area contributed by atoms with Crippen LogP contribution in [-0.2, 0) is 7.05 Å². The smallest absolute Gasteiger partial charge is 0.153 e. The number of carbonyl (C=O) groups excluding carboxylic acids is 1. The molecule has 2 heterocycles. The zero-order chi connectivity index (χ0) is 15.0. The molecule has 5 nitrogen and oxygen atoms in total. The third-order valence-electron chi connectivity index (χ3n) is 3.46. The van der Waals surface area contributed by atoms with E-state index < -0.39 is 0 Å². The number of benzene rings is 1. The average molecular weight is 280 g/mol. The molecule has 2 aromatic heterocycles. The van der Waals surface area contributed by atoms with Gasteiger partial charge in [0.2, 0.25) is 0 Å². The van der Waals surface area contributed by atoms with Crippen molar-refractivity contribution in [3.05, 3.63) is 53.5 Å². The quantitative estimate of drug-likeness (QED) is 0.693. The van der Waals surface area contributed by atoms with Crippen molar-refractivity contribution in [3.8, 4) is 16.9 Å². The topological polar surface area (TPSA) is 52.7 Å². The van der Waals surface area contributed by atoms with Crippen LogP contribution in [0.5, 0.6) is 0 Å². The molecule has 3 rings (SSSR count). The highest BCUT2D eigenvalue weighted by molar-refractivity contribution is 5.85. The third-order valence-corrected chi connectivity index (χ3v) is 3.46. The first-order valence-electron chi connectivity index (χ1n) is 6.70. The molecule has 0 aliphatic rings. The van der Waals surface area contributed by atoms with E-state index in [1.807, 2.05) is 27.1 Å². The van der Waals surface area contributed by atoms with Gasteiger partial charge in [0, 0.05) is 25.0 Å². The van der Waals surface area contributed by atoms with E-state index in [1.165, 1.54) is 0 Å². The molecule has 0 fully saturated rings. The molecule has 0 saturated carbocycles. The third kappa shape index (κ3) is 2.38. The van der Waals surface area contributed by atoms with Gasteiger partial charge in [0.05, 0.1) is 17.4 Å². The highest BCUT2D eigenvalue weighted by Crippen LogP contribution is 2.23. The normalized spacial score (nSPS) is 10.8. The van der Waals surface area contributed by atoms with Crippen LogP contribution in [-0.4, -0.2) is 25.8 Å². The molecule has 0 atom stereocenters. The van der Waals surface area contributed by atoms with Gasteiger partial charge in [-0.3, -0.25) is 9.48 Å². The largest absolute Gasteiger partial charge is 0.298 e. The summed E-state index contributed by atoms with van der Waals surface area (Å²) in [7, 11) is 1.84. The predicted octanol–water partition coefficient (Wildman–Crippen LogP) is 2.70. The highest BCUT2D eigenvalue weighted by atomic mass is 16.1. The molecule has 21 heavy (non-hydrogen) atoms. The Hall–Kier alpha value is -2.69. The summed E-state index contributed by atoms with van der Waals surface area (Å²) < 4.78 is 3.45. The standard InChI is InChI=1S/C16H16N4O/c1-11-4-5-12(2)15(6-11)20-9-14(10-21)16(18-20)13-7-17-19(3)8-13/h4-10H,1-3H3. The summed E-state index contributed by atoms with van der Waals surface area (Å²) in [6.07, 6.45) is 6.15. The van der Waals surface area contributed by atoms with Crippen molar-refractivity contribution >= 4 is 6.29 Å². The van der Waals surface area contributed by atoms with Gasteiger partial charge < -0.3 is 0 Å². The Morgan fingerprint density at radius 2 is 2.00 bits per heavy atom. The number of hydrogen-bond donors (Lipinski definition) is 0. The van der Waals surface area contributed by atoms with Gasteiger partial charge in [-0.05, 0) is 31.0 Å². The number of aromatic nitrogens is 4. The first-order valence-corrected chi connectivity index (χ1v) is 6.70. The lowest BCUT2D eigenvalue weighted by Gasteiger charge is -2.06. The van der Waals surface area contributed by atoms with Crippen LogP contribution in [0.3, 0.4) is 0 Å². The summed E-state index contributed by atoms with van der Waals surface area (Å²) in [5, 5.41) is 8.70. The molecule has 0 saturated heterocycles. The van der Waals surface area contributed by atoms with Crippen molar-refractivity contribution < 1.29 is 4.79 Å². The number of aryl methyl sites for hydroxylation is 3. The Kier molecular flexibility index (Phi) is 3.17. The number of carbonyl (C=O) groups is 1. The van der Waals surface area contributed by atoms with Crippen LogP contribution in [0.4, 0.5) is 0 Å². The van der Waals surface area contributed by atoms with E-state index in [2.05, 4.69) is 28.4 Å². The van der Waals surface area contributed by atoms with Gasteiger partial charge in [0.15, 0.2) is 6.29 Å². The lowest BCUT2D eigenvalue weighted by molar-refractivity contribution is 0.112. The fraction of sp³-hybridized carbons (Fsp3) is 0.188. The van der Waals surface area contributed by atoms with Crippen molar-refractivity contribution in [3.63, 3.8) is 0 Å². The van der Waals surface area contributed by atoms with Gasteiger partial charge in [-0.15, -0.1) is 0 Å². The van der Waals surface area contributed by atoms with E-state index in [9.17, 15) is 4.79 Å². The number of rotatable bonds is 3. The number of aldehydes is 1. The first kappa shape index (κ1) is 13.3. The van der Waals surface area contributed by atoms with Crippen LogP contribution in [0, 0.1) is 13.8 Å². The van der Waals surface area contributed by atoms with Gasteiger partial charge in [0.1, 0.15) is 5.69 Å². The highest BCUT2D eigenvalue weighted by Gasteiger charge is 2.14. The molecule has 0 unspecified atom stereocenters. The second-order valence-electron chi connectivity index (χ2n) is 5.19. The summed E-state index contributed by atoms with van der Waals surface area (Å²) >= 11 is 0. The van der Waals surface area contributed by atoms with Gasteiger partial charge in [0.25, 0.3) is 0 Å². The van der Waals surface area contributed by atoms with Gasteiger partial charge in [-0.1, -0.05) is 12.1 Å². The Labute approximate surface area is 122 Å². The summed E-state index contributed by atoms with van der Waals surface area (Å²) in [6.45, 7) is 4.07. The molecule has 0 N–H and O–H groups in total. The molecule has 3 aromatic rings. The van der Waals surface area contributed by atoms with Crippen LogP contribution >= 0.6 is 0 Å². The molecule has 106 valence electrons. The second-order valence-corrected chi connectivity index (χ2v) is 5.19. The fourth-order valence-corrected chi connectivity index (χ4v) is 2.33. The molecule has 0 bridgehead atoms. The minimum atomic E-state index is 0.559. The Bertz CT molecular complexity index is 814. The maximum atomic E-state index is 11.3. The van der Waals surface area contributed by atoms with E-state index in [0.29, 0.717) is 11.3 Å². The van der Waals surface area contributed by atoms with Crippen LogP contribution in [0.2, 0.25) is 0 Å². The van der Waals surface area contributed by atoms with E-state index in [-0.39, 0.29) is 0 Å². The zero-order valence-corrected chi connectivity index (χ0v) is 12.2. The molecule has 1 aromatic carbocycles. The number of nitrogens with zero attached hydrogens (tertiary/aromatic N) is 4. The Balaban J connectivity index is 2.15. The van der Waals surface area contributed by atoms with Crippen LogP contribution in [0.15, 0.2) is 36.8 Å². The fourth-order valence-electron chi connectivity index (χ4n) is 2.33. The maximum absolute atomic E-state index is 11.3. The number of hydrogen-bond acceptors (Lipinski definition) is 3. The minimum absolute atomic E-state index is 0.559. The first-order chi connectivity index (χ1) is 10.1. The van der Waals surface area contributed by atoms with Crippen LogP contribution in [0.1, 0.15) is 21.5 Å². The van der Waals surface area contributed by atoms with E-state index >= 15 is 0 Å². The molecular weight excluding hydrogens is 264 g/mol. The van der Waals surface area contributed by atoms with Crippen LogP contribution in [0.25, 0.3) is 16.9 Å².